The summed E-state index contributed by atoms with van der Waals surface area (Å²) < 4.78 is 2.23. The van der Waals surface area contributed by atoms with Crippen LogP contribution in [0.15, 0.2) is 33.9 Å². The first-order valence-corrected chi connectivity index (χ1v) is 7.54. The molecule has 1 saturated carbocycles. The second-order valence-corrected chi connectivity index (χ2v) is 6.13. The van der Waals surface area contributed by atoms with Crippen molar-refractivity contribution in [1.82, 2.24) is 9.13 Å². The Morgan fingerprint density at radius 1 is 1.30 bits per heavy atom. The van der Waals surface area contributed by atoms with Crippen LogP contribution in [-0.4, -0.2) is 15.2 Å². The standard InChI is InChI=1S/C16H15ClN4O2/c1-20-14(12(8-18)15(22)21(2)16(20)23)19-13-7-11(13)9-4-3-5-10(17)6-9/h3-6,11,13,19H,7H2,1-2H3/t11-,13+/m1/s1. The number of hydrogen-bond donors (Lipinski definition) is 1. The van der Waals surface area contributed by atoms with Gasteiger partial charge in [0.1, 0.15) is 11.9 Å². The average Bonchev–Trinajstić information content (AvgIpc) is 3.30. The zero-order valence-corrected chi connectivity index (χ0v) is 13.5. The Labute approximate surface area is 137 Å². The quantitative estimate of drug-likeness (QED) is 0.926. The second-order valence-electron chi connectivity index (χ2n) is 5.69. The minimum atomic E-state index is -0.585. The topological polar surface area (TPSA) is 79.8 Å². The number of halogens is 1. The molecule has 23 heavy (non-hydrogen) atoms. The first kappa shape index (κ1) is 15.4. The zero-order chi connectivity index (χ0) is 16.7. The van der Waals surface area contributed by atoms with E-state index in [1.165, 1.54) is 11.6 Å². The summed E-state index contributed by atoms with van der Waals surface area (Å²) in [5, 5.41) is 13.1. The van der Waals surface area contributed by atoms with Gasteiger partial charge in [0.2, 0.25) is 0 Å². The molecular formula is C16H15ClN4O2. The van der Waals surface area contributed by atoms with E-state index in [1.807, 2.05) is 30.3 Å². The molecule has 2 aromatic rings. The molecule has 2 atom stereocenters. The van der Waals surface area contributed by atoms with Gasteiger partial charge in [0.15, 0.2) is 5.56 Å². The van der Waals surface area contributed by atoms with Crippen LogP contribution < -0.4 is 16.6 Å². The van der Waals surface area contributed by atoms with E-state index < -0.39 is 11.2 Å². The fourth-order valence-corrected chi connectivity index (χ4v) is 2.95. The van der Waals surface area contributed by atoms with E-state index in [4.69, 9.17) is 11.6 Å². The van der Waals surface area contributed by atoms with Crippen molar-refractivity contribution in [2.45, 2.75) is 18.4 Å². The minimum absolute atomic E-state index is 0.0497. The van der Waals surface area contributed by atoms with Gasteiger partial charge in [-0.25, -0.2) is 4.79 Å². The smallest absolute Gasteiger partial charge is 0.332 e. The van der Waals surface area contributed by atoms with E-state index in [-0.39, 0.29) is 23.3 Å². The number of rotatable bonds is 3. The van der Waals surface area contributed by atoms with Crippen molar-refractivity contribution in [2.24, 2.45) is 14.1 Å². The Balaban J connectivity index is 1.93. The molecule has 6 nitrogen and oxygen atoms in total. The zero-order valence-electron chi connectivity index (χ0n) is 12.7. The van der Waals surface area contributed by atoms with Crippen molar-refractivity contribution in [3.63, 3.8) is 0 Å². The number of anilines is 1. The van der Waals surface area contributed by atoms with Crippen LogP contribution in [0.25, 0.3) is 0 Å². The van der Waals surface area contributed by atoms with Gasteiger partial charge in [0.05, 0.1) is 0 Å². The van der Waals surface area contributed by atoms with Crippen LogP contribution in [-0.2, 0) is 14.1 Å². The second kappa shape index (κ2) is 5.60. The Morgan fingerprint density at radius 3 is 2.70 bits per heavy atom. The van der Waals surface area contributed by atoms with E-state index in [1.54, 1.807) is 7.05 Å². The fourth-order valence-electron chi connectivity index (χ4n) is 2.75. The molecule has 1 N–H and O–H groups in total. The lowest BCUT2D eigenvalue weighted by atomic mass is 10.1. The number of hydrogen-bond acceptors (Lipinski definition) is 4. The molecule has 0 radical (unpaired) electrons. The highest BCUT2D eigenvalue weighted by molar-refractivity contribution is 6.30. The van der Waals surface area contributed by atoms with Crippen molar-refractivity contribution in [3.8, 4) is 6.07 Å². The van der Waals surface area contributed by atoms with Crippen molar-refractivity contribution >= 4 is 17.4 Å². The van der Waals surface area contributed by atoms with Crippen LogP contribution in [0.5, 0.6) is 0 Å². The van der Waals surface area contributed by atoms with Gasteiger partial charge < -0.3 is 5.32 Å². The van der Waals surface area contributed by atoms with Gasteiger partial charge in [0.25, 0.3) is 5.56 Å². The molecule has 1 fully saturated rings. The summed E-state index contributed by atoms with van der Waals surface area (Å²) in [7, 11) is 2.91. The van der Waals surface area contributed by atoms with Crippen LogP contribution in [0.4, 0.5) is 5.82 Å². The van der Waals surface area contributed by atoms with Crippen LogP contribution >= 0.6 is 11.6 Å². The summed E-state index contributed by atoms with van der Waals surface area (Å²) >= 11 is 6.00. The highest BCUT2D eigenvalue weighted by Gasteiger charge is 2.39. The third-order valence-corrected chi connectivity index (χ3v) is 4.40. The summed E-state index contributed by atoms with van der Waals surface area (Å²) in [5.41, 5.74) is 0.00296. The van der Waals surface area contributed by atoms with Crippen LogP contribution in [0.1, 0.15) is 23.5 Å². The Morgan fingerprint density at radius 2 is 2.04 bits per heavy atom. The summed E-state index contributed by atoms with van der Waals surface area (Å²) in [5.74, 6) is 0.523. The van der Waals surface area contributed by atoms with Gasteiger partial charge in [-0.2, -0.15) is 5.26 Å². The highest BCUT2D eigenvalue weighted by atomic mass is 35.5. The van der Waals surface area contributed by atoms with E-state index in [0.717, 1.165) is 16.6 Å². The summed E-state index contributed by atoms with van der Waals surface area (Å²) in [4.78, 5) is 24.1. The predicted octanol–water partition coefficient (Wildman–Crippen LogP) is 1.58. The molecule has 0 saturated heterocycles. The van der Waals surface area contributed by atoms with Crippen molar-refractivity contribution in [3.05, 3.63) is 61.3 Å². The third kappa shape index (κ3) is 2.64. The van der Waals surface area contributed by atoms with Crippen LogP contribution in [0.2, 0.25) is 5.02 Å². The van der Waals surface area contributed by atoms with Crippen LogP contribution in [0, 0.1) is 11.3 Å². The van der Waals surface area contributed by atoms with Crippen molar-refractivity contribution in [1.29, 1.82) is 5.26 Å². The molecule has 1 aromatic carbocycles. The minimum Gasteiger partial charge on any atom is -0.367 e. The van der Waals surface area contributed by atoms with Gasteiger partial charge in [0, 0.05) is 31.1 Å². The number of nitrogens with zero attached hydrogens (tertiary/aromatic N) is 3. The third-order valence-electron chi connectivity index (χ3n) is 4.17. The van der Waals surface area contributed by atoms with Gasteiger partial charge in [-0.1, -0.05) is 23.7 Å². The molecule has 0 unspecified atom stereocenters. The number of nitriles is 1. The molecule has 1 aromatic heterocycles. The van der Waals surface area contributed by atoms with E-state index in [0.29, 0.717) is 5.02 Å². The van der Waals surface area contributed by atoms with Gasteiger partial charge in [-0.05, 0) is 24.1 Å². The molecule has 118 valence electrons. The lowest BCUT2D eigenvalue weighted by Gasteiger charge is -2.13. The molecular weight excluding hydrogens is 316 g/mol. The molecule has 1 aliphatic carbocycles. The molecule has 1 aliphatic rings. The summed E-state index contributed by atoms with van der Waals surface area (Å²) in [6.45, 7) is 0. The maximum atomic E-state index is 12.1. The van der Waals surface area contributed by atoms with Gasteiger partial charge in [-0.15, -0.1) is 0 Å². The molecule has 0 amide bonds. The van der Waals surface area contributed by atoms with E-state index >= 15 is 0 Å². The highest BCUT2D eigenvalue weighted by Crippen LogP contribution is 2.43. The van der Waals surface area contributed by atoms with E-state index in [9.17, 15) is 14.9 Å². The monoisotopic (exact) mass is 330 g/mol. The lowest BCUT2D eigenvalue weighted by molar-refractivity contribution is 0.684. The number of aromatic nitrogens is 2. The van der Waals surface area contributed by atoms with Gasteiger partial charge >= 0.3 is 5.69 Å². The average molecular weight is 331 g/mol. The molecule has 3 rings (SSSR count). The molecule has 1 heterocycles. The first-order chi connectivity index (χ1) is 10.9. The molecule has 0 bridgehead atoms. The predicted molar refractivity (Wildman–Crippen MR) is 87.9 cm³/mol. The summed E-state index contributed by atoms with van der Waals surface area (Å²) in [6, 6.07) is 9.56. The summed E-state index contributed by atoms with van der Waals surface area (Å²) in [6.07, 6.45) is 0.856. The SMILES string of the molecule is Cn1c(N[C@H]2C[C@@H]2c2cccc(Cl)c2)c(C#N)c(=O)n(C)c1=O. The fraction of sp³-hybridized carbons (Fsp3) is 0.312. The normalized spacial score (nSPS) is 19.2. The Kier molecular flexibility index (Phi) is 3.74. The molecule has 7 heteroatoms. The maximum Gasteiger partial charge on any atom is 0.332 e. The first-order valence-electron chi connectivity index (χ1n) is 7.16. The Bertz CT molecular complexity index is 939. The maximum absolute atomic E-state index is 12.1. The number of benzene rings is 1. The number of nitrogens with one attached hydrogen (secondary N) is 1. The van der Waals surface area contributed by atoms with Gasteiger partial charge in [-0.3, -0.25) is 13.9 Å². The van der Waals surface area contributed by atoms with Crippen molar-refractivity contribution in [2.75, 3.05) is 5.32 Å². The molecule has 0 spiro atoms. The Hall–Kier alpha value is -2.52. The van der Waals surface area contributed by atoms with Crippen molar-refractivity contribution < 1.29 is 0 Å². The lowest BCUT2D eigenvalue weighted by Crippen LogP contribution is -2.40. The van der Waals surface area contributed by atoms with Crippen LogP contribution in [0.3, 0.4) is 0 Å². The molecule has 0 aliphatic heterocycles. The van der Waals surface area contributed by atoms with E-state index in [2.05, 4.69) is 5.32 Å². The largest absolute Gasteiger partial charge is 0.367 e.